The molecular weight excluding hydrogens is 274 g/mol. The topological polar surface area (TPSA) is 68.3 Å². The fraction of sp³-hybridized carbons (Fsp3) is 0.714. The minimum atomic E-state index is -3.06. The van der Waals surface area contributed by atoms with E-state index < -0.39 is 10.0 Å². The van der Waals surface area contributed by atoms with Gasteiger partial charge >= 0.3 is 0 Å². The molecule has 0 bridgehead atoms. The van der Waals surface area contributed by atoms with Gasteiger partial charge in [-0.05, 0) is 36.8 Å². The zero-order valence-electron chi connectivity index (χ0n) is 12.3. The number of hydrogen-bond acceptors (Lipinski definition) is 3. The van der Waals surface area contributed by atoms with Crippen LogP contribution in [0.3, 0.4) is 0 Å². The van der Waals surface area contributed by atoms with Gasteiger partial charge in [0.2, 0.25) is 10.0 Å². The molecule has 1 aliphatic rings. The zero-order valence-corrected chi connectivity index (χ0v) is 13.1. The second kappa shape index (κ2) is 6.28. The highest BCUT2D eigenvalue weighted by Gasteiger charge is 2.25. The third kappa shape index (κ3) is 3.84. The maximum Gasteiger partial charge on any atom is 0.211 e. The quantitative estimate of drug-likeness (QED) is 0.897. The molecule has 2 rings (SSSR count). The maximum absolute atomic E-state index is 11.6. The predicted octanol–water partition coefficient (Wildman–Crippen LogP) is 1.57. The van der Waals surface area contributed by atoms with Crippen LogP contribution in [0.15, 0.2) is 18.5 Å². The van der Waals surface area contributed by atoms with E-state index in [9.17, 15) is 8.42 Å². The van der Waals surface area contributed by atoms with Crippen molar-refractivity contribution in [2.45, 2.75) is 38.8 Å². The second-order valence-corrected chi connectivity index (χ2v) is 7.77. The van der Waals surface area contributed by atoms with Gasteiger partial charge in [0.25, 0.3) is 0 Å². The number of rotatable bonds is 5. The van der Waals surface area contributed by atoms with E-state index in [4.69, 9.17) is 5.73 Å². The molecule has 2 atom stereocenters. The number of sulfonamides is 1. The van der Waals surface area contributed by atoms with Crippen molar-refractivity contribution in [2.24, 2.45) is 11.7 Å². The Kier molecular flexibility index (Phi) is 4.88. The van der Waals surface area contributed by atoms with Crippen molar-refractivity contribution in [3.05, 3.63) is 24.0 Å². The van der Waals surface area contributed by atoms with E-state index in [1.807, 2.05) is 6.20 Å². The highest BCUT2D eigenvalue weighted by molar-refractivity contribution is 7.88. The van der Waals surface area contributed by atoms with Crippen molar-refractivity contribution in [3.8, 4) is 0 Å². The van der Waals surface area contributed by atoms with Gasteiger partial charge in [0.1, 0.15) is 0 Å². The third-order valence-electron chi connectivity index (χ3n) is 4.06. The Bertz CT molecular complexity index is 538. The van der Waals surface area contributed by atoms with Crippen molar-refractivity contribution in [2.75, 3.05) is 19.3 Å². The molecule has 0 radical (unpaired) electrons. The van der Waals surface area contributed by atoms with Crippen molar-refractivity contribution in [1.82, 2.24) is 8.87 Å². The first-order valence-electron chi connectivity index (χ1n) is 7.26. The Hall–Kier alpha value is -0.850. The van der Waals surface area contributed by atoms with Crippen molar-refractivity contribution < 1.29 is 8.42 Å². The summed E-state index contributed by atoms with van der Waals surface area (Å²) in [6, 6.07) is 2.15. The van der Waals surface area contributed by atoms with Crippen LogP contribution >= 0.6 is 0 Å². The van der Waals surface area contributed by atoms with E-state index in [0.29, 0.717) is 19.0 Å². The van der Waals surface area contributed by atoms with Crippen LogP contribution in [0, 0.1) is 5.92 Å². The Morgan fingerprint density at radius 2 is 2.25 bits per heavy atom. The lowest BCUT2D eigenvalue weighted by atomic mass is 10.00. The molecule has 1 saturated heterocycles. The SMILES string of the molecule is CCC(N)c1ccn(CC2CCCN(S(C)(=O)=O)C2)c1. The largest absolute Gasteiger partial charge is 0.354 e. The lowest BCUT2D eigenvalue weighted by molar-refractivity contribution is 0.246. The van der Waals surface area contributed by atoms with Gasteiger partial charge in [0, 0.05) is 38.1 Å². The van der Waals surface area contributed by atoms with Crippen molar-refractivity contribution >= 4 is 10.0 Å². The van der Waals surface area contributed by atoms with Gasteiger partial charge in [0.05, 0.1) is 6.26 Å². The molecule has 0 amide bonds. The number of aromatic nitrogens is 1. The summed E-state index contributed by atoms with van der Waals surface area (Å²) in [5, 5.41) is 0. The summed E-state index contributed by atoms with van der Waals surface area (Å²) >= 11 is 0. The third-order valence-corrected chi connectivity index (χ3v) is 5.33. The molecule has 1 aliphatic heterocycles. The fourth-order valence-corrected chi connectivity index (χ4v) is 3.75. The van der Waals surface area contributed by atoms with Crippen LogP contribution in [-0.4, -0.2) is 36.6 Å². The number of hydrogen-bond donors (Lipinski definition) is 1. The van der Waals surface area contributed by atoms with E-state index in [2.05, 4.69) is 23.8 Å². The van der Waals surface area contributed by atoms with Crippen LogP contribution in [0.1, 0.15) is 37.8 Å². The monoisotopic (exact) mass is 299 g/mol. The molecular formula is C14H25N3O2S. The van der Waals surface area contributed by atoms with Crippen LogP contribution in [0.5, 0.6) is 0 Å². The molecule has 0 aliphatic carbocycles. The molecule has 2 N–H and O–H groups in total. The first kappa shape index (κ1) is 15.5. The summed E-state index contributed by atoms with van der Waals surface area (Å²) in [7, 11) is -3.06. The summed E-state index contributed by atoms with van der Waals surface area (Å²) in [4.78, 5) is 0. The summed E-state index contributed by atoms with van der Waals surface area (Å²) in [6.45, 7) is 4.23. The lowest BCUT2D eigenvalue weighted by Crippen LogP contribution is -2.40. The fourth-order valence-electron chi connectivity index (χ4n) is 2.80. The van der Waals surface area contributed by atoms with Crippen molar-refractivity contribution in [3.63, 3.8) is 0 Å². The smallest absolute Gasteiger partial charge is 0.211 e. The molecule has 114 valence electrons. The Balaban J connectivity index is 1.98. The highest BCUT2D eigenvalue weighted by atomic mass is 32.2. The van der Waals surface area contributed by atoms with E-state index >= 15 is 0 Å². The van der Waals surface area contributed by atoms with Gasteiger partial charge in [0.15, 0.2) is 0 Å². The van der Waals surface area contributed by atoms with Gasteiger partial charge < -0.3 is 10.3 Å². The van der Waals surface area contributed by atoms with Gasteiger partial charge in [-0.15, -0.1) is 0 Å². The van der Waals surface area contributed by atoms with E-state index in [0.717, 1.165) is 31.4 Å². The molecule has 5 nitrogen and oxygen atoms in total. The van der Waals surface area contributed by atoms with Gasteiger partial charge in [-0.3, -0.25) is 0 Å². The van der Waals surface area contributed by atoms with E-state index in [1.165, 1.54) is 6.26 Å². The maximum atomic E-state index is 11.6. The first-order valence-corrected chi connectivity index (χ1v) is 9.11. The van der Waals surface area contributed by atoms with Crippen LogP contribution < -0.4 is 5.73 Å². The molecule has 2 unspecified atom stereocenters. The molecule has 0 spiro atoms. The number of nitrogens with zero attached hydrogens (tertiary/aromatic N) is 2. The molecule has 0 saturated carbocycles. The Labute approximate surface area is 121 Å². The number of nitrogens with two attached hydrogens (primary N) is 1. The molecule has 2 heterocycles. The first-order chi connectivity index (χ1) is 9.40. The van der Waals surface area contributed by atoms with Crippen LogP contribution in [0.2, 0.25) is 0 Å². The lowest BCUT2D eigenvalue weighted by Gasteiger charge is -2.31. The van der Waals surface area contributed by atoms with E-state index in [1.54, 1.807) is 4.31 Å². The molecule has 1 aromatic rings. The Morgan fingerprint density at radius 3 is 2.90 bits per heavy atom. The standard InChI is InChI=1S/C14H25N3O2S/c1-3-14(15)13-6-8-16(11-13)9-12-5-4-7-17(10-12)20(2,18)19/h6,8,11-12,14H,3-5,7,9-10,15H2,1-2H3. The molecule has 1 fully saturated rings. The van der Waals surface area contributed by atoms with E-state index in [-0.39, 0.29) is 6.04 Å². The van der Waals surface area contributed by atoms with Gasteiger partial charge in [-0.2, -0.15) is 0 Å². The minimum absolute atomic E-state index is 0.0927. The minimum Gasteiger partial charge on any atom is -0.354 e. The molecule has 1 aromatic heterocycles. The van der Waals surface area contributed by atoms with Crippen LogP contribution in [0.25, 0.3) is 0 Å². The zero-order chi connectivity index (χ0) is 14.8. The summed E-state index contributed by atoms with van der Waals surface area (Å²) in [5.41, 5.74) is 7.17. The number of piperidine rings is 1. The molecule has 6 heteroatoms. The van der Waals surface area contributed by atoms with Crippen molar-refractivity contribution in [1.29, 1.82) is 0 Å². The predicted molar refractivity (Wildman–Crippen MR) is 80.8 cm³/mol. The van der Waals surface area contributed by atoms with Gasteiger partial charge in [-0.1, -0.05) is 6.92 Å². The normalized spacial score (nSPS) is 22.9. The summed E-state index contributed by atoms with van der Waals surface area (Å²) < 4.78 is 27.0. The second-order valence-electron chi connectivity index (χ2n) is 5.79. The highest BCUT2D eigenvalue weighted by Crippen LogP contribution is 2.21. The molecule has 0 aromatic carbocycles. The van der Waals surface area contributed by atoms with Crippen LogP contribution in [0.4, 0.5) is 0 Å². The average molecular weight is 299 g/mol. The Morgan fingerprint density at radius 1 is 1.50 bits per heavy atom. The van der Waals surface area contributed by atoms with Crippen LogP contribution in [-0.2, 0) is 16.6 Å². The molecule has 20 heavy (non-hydrogen) atoms. The van der Waals surface area contributed by atoms with Gasteiger partial charge in [-0.25, -0.2) is 12.7 Å². The summed E-state index contributed by atoms with van der Waals surface area (Å²) in [5.74, 6) is 0.386. The summed E-state index contributed by atoms with van der Waals surface area (Å²) in [6.07, 6.45) is 8.39. The average Bonchev–Trinajstić information content (AvgIpc) is 2.85.